The molecule has 2 heterocycles. The Kier molecular flexibility index (Phi) is 4.87. The molecule has 1 saturated heterocycles. The Morgan fingerprint density at radius 2 is 1.71 bits per heavy atom. The van der Waals surface area contributed by atoms with Crippen LogP contribution in [0.5, 0.6) is 0 Å². The number of amidine groups is 1. The maximum absolute atomic E-state index is 13.4. The summed E-state index contributed by atoms with van der Waals surface area (Å²) in [5.74, 6) is 0.584. The van der Waals surface area contributed by atoms with Gasteiger partial charge in [-0.1, -0.05) is 55.3 Å². The first kappa shape index (κ1) is 19.9. The summed E-state index contributed by atoms with van der Waals surface area (Å²) in [7, 11) is 0. The normalized spacial score (nSPS) is 25.6. The van der Waals surface area contributed by atoms with Gasteiger partial charge < -0.3 is 4.90 Å². The van der Waals surface area contributed by atoms with Crippen LogP contribution in [0.25, 0.3) is 0 Å². The van der Waals surface area contributed by atoms with E-state index in [-0.39, 0.29) is 17.9 Å². The smallest absolute Gasteiger partial charge is 0.312 e. The number of nitrogens with zero attached hydrogens (tertiary/aromatic N) is 3. The van der Waals surface area contributed by atoms with Crippen LogP contribution in [0.1, 0.15) is 42.4 Å². The van der Waals surface area contributed by atoms with Gasteiger partial charge in [-0.05, 0) is 30.5 Å². The quantitative estimate of drug-likeness (QED) is 0.799. The Morgan fingerprint density at radius 3 is 2.42 bits per heavy atom. The maximum atomic E-state index is 13.4. The zero-order valence-corrected chi connectivity index (χ0v) is 16.8. The summed E-state index contributed by atoms with van der Waals surface area (Å²) in [6.07, 6.45) is -1.10. The van der Waals surface area contributed by atoms with Crippen molar-refractivity contribution in [3.05, 3.63) is 71.3 Å². The molecule has 2 aromatic rings. The molecule has 5 rings (SSSR count). The molecule has 2 aromatic carbocycles. The van der Waals surface area contributed by atoms with Gasteiger partial charge in [0, 0.05) is 18.2 Å². The summed E-state index contributed by atoms with van der Waals surface area (Å²) in [6, 6.07) is 14.9. The third kappa shape index (κ3) is 3.54. The van der Waals surface area contributed by atoms with Crippen LogP contribution in [0.2, 0.25) is 0 Å². The fraction of sp³-hybridized carbons (Fsp3) is 0.391. The third-order valence-electron chi connectivity index (χ3n) is 6.44. The Labute approximate surface area is 178 Å². The van der Waals surface area contributed by atoms with Crippen molar-refractivity contribution in [3.8, 4) is 0 Å². The van der Waals surface area contributed by atoms with Crippen molar-refractivity contribution in [2.45, 2.75) is 50.7 Å². The van der Waals surface area contributed by atoms with E-state index in [1.54, 1.807) is 0 Å². The van der Waals surface area contributed by atoms with E-state index in [2.05, 4.69) is 15.4 Å². The Bertz CT molecular complexity index is 990. The van der Waals surface area contributed by atoms with Crippen molar-refractivity contribution >= 4 is 11.7 Å². The number of alkyl halides is 3. The highest BCUT2D eigenvalue weighted by molar-refractivity contribution is 6.01. The van der Waals surface area contributed by atoms with Gasteiger partial charge in [0.2, 0.25) is 5.91 Å². The van der Waals surface area contributed by atoms with Crippen LogP contribution < -0.4 is 5.43 Å². The molecule has 3 aliphatic rings. The van der Waals surface area contributed by atoms with Crippen LogP contribution in [0.15, 0.2) is 59.7 Å². The highest BCUT2D eigenvalue weighted by atomic mass is 19.4. The SMILES string of the molecule is O=C1C2CCCCC2N2C(c3ccc(C(F)(F)F)cc3)=NNC2N1Cc1ccccc1. The standard InChI is InChI=1S/C23H23F3N4O/c24-23(25,26)17-12-10-16(11-13-17)20-27-28-22-29(14-15-6-2-1-3-7-15)21(31)18-8-4-5-9-19(18)30(20)22/h1-3,6-7,10-13,18-19,22,28H,4-5,8-9,14H2. The van der Waals surface area contributed by atoms with Gasteiger partial charge in [-0.3, -0.25) is 15.1 Å². The van der Waals surface area contributed by atoms with E-state index in [9.17, 15) is 18.0 Å². The lowest BCUT2D eigenvalue weighted by Crippen LogP contribution is -2.67. The second kappa shape index (κ2) is 7.59. The van der Waals surface area contributed by atoms with Gasteiger partial charge in [-0.25, -0.2) is 0 Å². The summed E-state index contributed by atoms with van der Waals surface area (Å²) in [5, 5.41) is 4.48. The second-order valence-electron chi connectivity index (χ2n) is 8.33. The van der Waals surface area contributed by atoms with E-state index in [1.807, 2.05) is 35.2 Å². The fourth-order valence-electron chi connectivity index (χ4n) is 4.95. The third-order valence-corrected chi connectivity index (χ3v) is 6.44. The summed E-state index contributed by atoms with van der Waals surface area (Å²) in [6.45, 7) is 0.451. The second-order valence-corrected chi connectivity index (χ2v) is 8.33. The molecule has 1 amide bonds. The van der Waals surface area contributed by atoms with Crippen molar-refractivity contribution in [1.29, 1.82) is 0 Å². The molecule has 0 spiro atoms. The largest absolute Gasteiger partial charge is 0.416 e. The lowest BCUT2D eigenvalue weighted by atomic mass is 9.80. The van der Waals surface area contributed by atoms with E-state index in [0.717, 1.165) is 43.4 Å². The maximum Gasteiger partial charge on any atom is 0.416 e. The zero-order chi connectivity index (χ0) is 21.6. The number of carbonyl (C=O) groups excluding carboxylic acids is 1. The van der Waals surface area contributed by atoms with Crippen LogP contribution in [0.4, 0.5) is 13.2 Å². The number of fused-ring (bicyclic) bond motifs is 3. The highest BCUT2D eigenvalue weighted by Gasteiger charge is 2.51. The molecule has 1 saturated carbocycles. The molecule has 31 heavy (non-hydrogen) atoms. The minimum absolute atomic E-state index is 0.00526. The molecule has 3 atom stereocenters. The molecular weight excluding hydrogens is 405 g/mol. The van der Waals surface area contributed by atoms with Crippen molar-refractivity contribution < 1.29 is 18.0 Å². The van der Waals surface area contributed by atoms with Crippen LogP contribution in [-0.2, 0) is 17.5 Å². The predicted molar refractivity (Wildman–Crippen MR) is 109 cm³/mol. The van der Waals surface area contributed by atoms with Crippen LogP contribution >= 0.6 is 0 Å². The van der Waals surface area contributed by atoms with Crippen LogP contribution in [0.3, 0.4) is 0 Å². The van der Waals surface area contributed by atoms with Crippen molar-refractivity contribution in [2.24, 2.45) is 11.0 Å². The highest BCUT2D eigenvalue weighted by Crippen LogP contribution is 2.39. The van der Waals surface area contributed by atoms with E-state index in [1.165, 1.54) is 12.1 Å². The average molecular weight is 428 g/mol. The van der Waals surface area contributed by atoms with Gasteiger partial charge in [-0.15, -0.1) is 0 Å². The topological polar surface area (TPSA) is 47.9 Å². The molecule has 2 aliphatic heterocycles. The van der Waals surface area contributed by atoms with E-state index < -0.39 is 18.0 Å². The number of amides is 1. The monoisotopic (exact) mass is 428 g/mol. The van der Waals surface area contributed by atoms with Crippen molar-refractivity contribution in [3.63, 3.8) is 0 Å². The summed E-state index contributed by atoms with van der Waals surface area (Å²) in [5.41, 5.74) is 4.03. The molecular formula is C23H23F3N4O. The zero-order valence-electron chi connectivity index (χ0n) is 16.8. The molecule has 0 aromatic heterocycles. The average Bonchev–Trinajstić information content (AvgIpc) is 3.22. The van der Waals surface area contributed by atoms with E-state index in [0.29, 0.717) is 17.9 Å². The van der Waals surface area contributed by atoms with Gasteiger partial charge in [-0.2, -0.15) is 18.3 Å². The molecule has 1 N–H and O–H groups in total. The first-order valence-corrected chi connectivity index (χ1v) is 10.6. The molecule has 0 radical (unpaired) electrons. The summed E-state index contributed by atoms with van der Waals surface area (Å²) < 4.78 is 39.0. The van der Waals surface area contributed by atoms with Crippen LogP contribution in [-0.4, -0.2) is 33.9 Å². The van der Waals surface area contributed by atoms with Crippen molar-refractivity contribution in [1.82, 2.24) is 15.2 Å². The first-order chi connectivity index (χ1) is 14.9. The number of hydrogen-bond donors (Lipinski definition) is 1. The van der Waals surface area contributed by atoms with E-state index in [4.69, 9.17) is 0 Å². The molecule has 5 nitrogen and oxygen atoms in total. The Morgan fingerprint density at radius 1 is 1.00 bits per heavy atom. The lowest BCUT2D eigenvalue weighted by Gasteiger charge is -2.50. The molecule has 0 bridgehead atoms. The predicted octanol–water partition coefficient (Wildman–Crippen LogP) is 4.16. The van der Waals surface area contributed by atoms with Crippen molar-refractivity contribution in [2.75, 3.05) is 0 Å². The minimum atomic E-state index is -4.38. The summed E-state index contributed by atoms with van der Waals surface area (Å²) >= 11 is 0. The number of nitrogens with one attached hydrogen (secondary N) is 1. The Balaban J connectivity index is 1.48. The first-order valence-electron chi connectivity index (χ1n) is 10.6. The van der Waals surface area contributed by atoms with Gasteiger partial charge >= 0.3 is 6.18 Å². The number of hydrazone groups is 1. The summed E-state index contributed by atoms with van der Waals surface area (Å²) in [4.78, 5) is 17.3. The molecule has 8 heteroatoms. The van der Waals surface area contributed by atoms with Gasteiger partial charge in [0.25, 0.3) is 0 Å². The fourth-order valence-corrected chi connectivity index (χ4v) is 4.95. The van der Waals surface area contributed by atoms with Gasteiger partial charge in [0.15, 0.2) is 12.1 Å². The van der Waals surface area contributed by atoms with Crippen LogP contribution in [0, 0.1) is 5.92 Å². The molecule has 3 unspecified atom stereocenters. The number of benzene rings is 2. The number of hydrogen-bond acceptors (Lipinski definition) is 4. The number of rotatable bonds is 3. The number of carbonyl (C=O) groups is 1. The van der Waals surface area contributed by atoms with Gasteiger partial charge in [0.05, 0.1) is 11.5 Å². The van der Waals surface area contributed by atoms with Gasteiger partial charge in [0.1, 0.15) is 0 Å². The lowest BCUT2D eigenvalue weighted by molar-refractivity contribution is -0.156. The minimum Gasteiger partial charge on any atom is -0.312 e. The number of halogens is 3. The molecule has 1 aliphatic carbocycles. The molecule has 2 fully saturated rings. The molecule has 162 valence electrons. The Hall–Kier alpha value is -3.03. The van der Waals surface area contributed by atoms with E-state index >= 15 is 0 Å².